The zero-order valence-electron chi connectivity index (χ0n) is 19.9. The third-order valence-electron chi connectivity index (χ3n) is 6.37. The summed E-state index contributed by atoms with van der Waals surface area (Å²) in [6, 6.07) is 16.5. The molecule has 5 rings (SSSR count). The molecule has 0 radical (unpaired) electrons. The molecule has 2 aromatic carbocycles. The SMILES string of the molecule is Cn1cc(C(=O)NC2CCN(C(=O)Cc3ccc(NC(=O)c4cc5ccccc5o4)cc3)CC2)cn1. The quantitative estimate of drug-likeness (QED) is 0.435. The lowest BCUT2D eigenvalue weighted by Crippen LogP contribution is -2.46. The number of anilines is 1. The zero-order chi connectivity index (χ0) is 25.1. The van der Waals surface area contributed by atoms with Crippen LogP contribution in [0.4, 0.5) is 5.69 Å². The second-order valence-corrected chi connectivity index (χ2v) is 9.01. The number of benzene rings is 2. The Morgan fingerprint density at radius 1 is 1.03 bits per heavy atom. The summed E-state index contributed by atoms with van der Waals surface area (Å²) in [6.45, 7) is 1.20. The standard InChI is InChI=1S/C27H27N5O4/c1-31-17-20(16-28-31)26(34)29-22-10-12-32(13-11-22)25(33)14-18-6-8-21(9-7-18)30-27(35)24-15-19-4-2-3-5-23(19)36-24/h2-9,15-17,22H,10-14H2,1H3,(H,29,34)(H,30,35). The molecule has 4 aromatic rings. The van der Waals surface area contributed by atoms with E-state index in [1.807, 2.05) is 41.3 Å². The molecular formula is C27H27N5O4. The van der Waals surface area contributed by atoms with E-state index in [2.05, 4.69) is 15.7 Å². The van der Waals surface area contributed by atoms with Crippen molar-refractivity contribution in [2.75, 3.05) is 18.4 Å². The van der Waals surface area contributed by atoms with Gasteiger partial charge in [-0.3, -0.25) is 19.1 Å². The number of aryl methyl sites for hydroxylation is 1. The highest BCUT2D eigenvalue weighted by atomic mass is 16.3. The van der Waals surface area contributed by atoms with Crippen LogP contribution >= 0.6 is 0 Å². The van der Waals surface area contributed by atoms with Crippen LogP contribution in [0.3, 0.4) is 0 Å². The van der Waals surface area contributed by atoms with E-state index in [1.165, 1.54) is 0 Å². The fourth-order valence-corrected chi connectivity index (χ4v) is 4.36. The van der Waals surface area contributed by atoms with Crippen molar-refractivity contribution < 1.29 is 18.8 Å². The van der Waals surface area contributed by atoms with Gasteiger partial charge in [-0.1, -0.05) is 30.3 Å². The predicted octanol–water partition coefficient (Wildman–Crippen LogP) is 3.38. The maximum Gasteiger partial charge on any atom is 0.291 e. The van der Waals surface area contributed by atoms with E-state index in [4.69, 9.17) is 4.42 Å². The summed E-state index contributed by atoms with van der Waals surface area (Å²) in [5, 5.41) is 10.8. The van der Waals surface area contributed by atoms with E-state index >= 15 is 0 Å². The highest BCUT2D eigenvalue weighted by Gasteiger charge is 2.24. The number of nitrogens with one attached hydrogen (secondary N) is 2. The maximum atomic E-state index is 12.8. The Balaban J connectivity index is 1.10. The Bertz CT molecular complexity index is 1360. The molecule has 1 aliphatic heterocycles. The summed E-state index contributed by atoms with van der Waals surface area (Å²) in [5.74, 6) is -0.171. The van der Waals surface area contributed by atoms with Crippen molar-refractivity contribution in [1.29, 1.82) is 0 Å². The van der Waals surface area contributed by atoms with Gasteiger partial charge < -0.3 is 20.0 Å². The van der Waals surface area contributed by atoms with Gasteiger partial charge in [0, 0.05) is 43.4 Å². The molecular weight excluding hydrogens is 458 g/mol. The number of amides is 3. The Morgan fingerprint density at radius 2 is 1.78 bits per heavy atom. The third-order valence-corrected chi connectivity index (χ3v) is 6.37. The molecule has 0 bridgehead atoms. The first-order chi connectivity index (χ1) is 17.4. The molecule has 3 heterocycles. The van der Waals surface area contributed by atoms with Crippen LogP contribution in [-0.2, 0) is 18.3 Å². The molecule has 2 aromatic heterocycles. The summed E-state index contributed by atoms with van der Waals surface area (Å²) in [4.78, 5) is 39.5. The first kappa shape index (κ1) is 23.3. The van der Waals surface area contributed by atoms with E-state index in [1.54, 1.807) is 42.3 Å². The summed E-state index contributed by atoms with van der Waals surface area (Å²) < 4.78 is 7.20. The lowest BCUT2D eigenvalue weighted by atomic mass is 10.0. The van der Waals surface area contributed by atoms with Crippen LogP contribution in [0.15, 0.2) is 71.4 Å². The number of aromatic nitrogens is 2. The zero-order valence-corrected chi connectivity index (χ0v) is 19.9. The minimum atomic E-state index is -0.325. The fourth-order valence-electron chi connectivity index (χ4n) is 4.36. The third kappa shape index (κ3) is 5.30. The number of fused-ring (bicyclic) bond motifs is 1. The number of carbonyl (C=O) groups excluding carboxylic acids is 3. The fraction of sp³-hybridized carbons (Fsp3) is 0.259. The second kappa shape index (κ2) is 10.1. The van der Waals surface area contributed by atoms with Gasteiger partial charge in [0.2, 0.25) is 5.91 Å². The van der Waals surface area contributed by atoms with Crippen molar-refractivity contribution in [3.63, 3.8) is 0 Å². The minimum absolute atomic E-state index is 0.0383. The van der Waals surface area contributed by atoms with Crippen LogP contribution in [0.5, 0.6) is 0 Å². The summed E-state index contributed by atoms with van der Waals surface area (Å²) >= 11 is 0. The van der Waals surface area contributed by atoms with Crippen LogP contribution in [0.25, 0.3) is 11.0 Å². The van der Waals surface area contributed by atoms with Gasteiger partial charge in [-0.05, 0) is 42.7 Å². The minimum Gasteiger partial charge on any atom is -0.451 e. The monoisotopic (exact) mass is 485 g/mol. The molecule has 1 aliphatic rings. The number of carbonyl (C=O) groups is 3. The molecule has 0 spiro atoms. The number of hydrogen-bond donors (Lipinski definition) is 2. The second-order valence-electron chi connectivity index (χ2n) is 9.01. The van der Waals surface area contributed by atoms with E-state index in [0.29, 0.717) is 42.8 Å². The van der Waals surface area contributed by atoms with Gasteiger partial charge in [-0.25, -0.2) is 0 Å². The lowest BCUT2D eigenvalue weighted by molar-refractivity contribution is -0.131. The first-order valence-corrected chi connectivity index (χ1v) is 11.9. The highest BCUT2D eigenvalue weighted by Crippen LogP contribution is 2.20. The van der Waals surface area contributed by atoms with Gasteiger partial charge in [-0.2, -0.15) is 5.10 Å². The van der Waals surface area contributed by atoms with Crippen LogP contribution < -0.4 is 10.6 Å². The van der Waals surface area contributed by atoms with E-state index in [-0.39, 0.29) is 35.9 Å². The lowest BCUT2D eigenvalue weighted by Gasteiger charge is -2.32. The summed E-state index contributed by atoms with van der Waals surface area (Å²) in [5.41, 5.74) is 2.69. The van der Waals surface area contributed by atoms with Crippen LogP contribution in [-0.4, -0.2) is 51.5 Å². The topological polar surface area (TPSA) is 109 Å². The first-order valence-electron chi connectivity index (χ1n) is 11.9. The number of likely N-dealkylation sites (tertiary alicyclic amines) is 1. The van der Waals surface area contributed by atoms with E-state index in [9.17, 15) is 14.4 Å². The largest absolute Gasteiger partial charge is 0.451 e. The Morgan fingerprint density at radius 3 is 2.47 bits per heavy atom. The Hall–Kier alpha value is -4.40. The molecule has 36 heavy (non-hydrogen) atoms. The van der Waals surface area contributed by atoms with Gasteiger partial charge in [0.05, 0.1) is 18.2 Å². The van der Waals surface area contributed by atoms with Gasteiger partial charge in [0.15, 0.2) is 5.76 Å². The van der Waals surface area contributed by atoms with Crippen molar-refractivity contribution in [2.24, 2.45) is 7.05 Å². The Kier molecular flexibility index (Phi) is 6.53. The van der Waals surface area contributed by atoms with Crippen molar-refractivity contribution in [3.05, 3.63) is 83.9 Å². The molecule has 1 saturated heterocycles. The smallest absolute Gasteiger partial charge is 0.291 e. The van der Waals surface area contributed by atoms with Crippen LogP contribution in [0, 0.1) is 0 Å². The van der Waals surface area contributed by atoms with Gasteiger partial charge in [0.25, 0.3) is 11.8 Å². The molecule has 3 amide bonds. The number of nitrogens with zero attached hydrogens (tertiary/aromatic N) is 3. The maximum absolute atomic E-state index is 12.8. The summed E-state index contributed by atoms with van der Waals surface area (Å²) in [7, 11) is 1.77. The van der Waals surface area contributed by atoms with Crippen molar-refractivity contribution >= 4 is 34.4 Å². The van der Waals surface area contributed by atoms with Gasteiger partial charge in [-0.15, -0.1) is 0 Å². The average molecular weight is 486 g/mol. The number of piperidine rings is 1. The Labute approximate surface area is 208 Å². The van der Waals surface area contributed by atoms with Gasteiger partial charge >= 0.3 is 0 Å². The number of rotatable bonds is 6. The average Bonchev–Trinajstić information content (AvgIpc) is 3.52. The molecule has 1 fully saturated rings. The van der Waals surface area contributed by atoms with Crippen molar-refractivity contribution in [1.82, 2.24) is 20.0 Å². The van der Waals surface area contributed by atoms with Crippen molar-refractivity contribution in [2.45, 2.75) is 25.3 Å². The molecule has 0 atom stereocenters. The number of hydrogen-bond acceptors (Lipinski definition) is 5. The predicted molar refractivity (Wildman–Crippen MR) is 135 cm³/mol. The van der Waals surface area contributed by atoms with E-state index < -0.39 is 0 Å². The van der Waals surface area contributed by atoms with Crippen molar-refractivity contribution in [3.8, 4) is 0 Å². The molecule has 0 saturated carbocycles. The molecule has 9 nitrogen and oxygen atoms in total. The van der Waals surface area contributed by atoms with Crippen LogP contribution in [0.1, 0.15) is 39.3 Å². The molecule has 184 valence electrons. The normalized spacial score (nSPS) is 14.1. The number of para-hydroxylation sites is 1. The highest BCUT2D eigenvalue weighted by molar-refractivity contribution is 6.04. The van der Waals surface area contributed by atoms with Crippen LogP contribution in [0.2, 0.25) is 0 Å². The molecule has 0 unspecified atom stereocenters. The number of furan rings is 1. The molecule has 0 aliphatic carbocycles. The molecule has 9 heteroatoms. The van der Waals surface area contributed by atoms with E-state index in [0.717, 1.165) is 10.9 Å². The van der Waals surface area contributed by atoms with Gasteiger partial charge in [0.1, 0.15) is 5.58 Å². The summed E-state index contributed by atoms with van der Waals surface area (Å²) in [6.07, 6.45) is 4.94. The molecule has 2 N–H and O–H groups in total.